The van der Waals surface area contributed by atoms with E-state index in [0.29, 0.717) is 35.2 Å². The number of aryl methyl sites for hydroxylation is 3. The van der Waals surface area contributed by atoms with Crippen LogP contribution in [0.5, 0.6) is 0 Å². The van der Waals surface area contributed by atoms with E-state index in [1.54, 1.807) is 32.9 Å². The lowest BCUT2D eigenvalue weighted by Crippen LogP contribution is -2.46. The van der Waals surface area contributed by atoms with Crippen molar-refractivity contribution in [1.82, 2.24) is 10.6 Å². The monoisotopic (exact) mass is 460 g/mol. The van der Waals surface area contributed by atoms with Gasteiger partial charge in [-0.05, 0) is 91.7 Å². The number of halogens is 2. The molecule has 7 heteroatoms. The Balaban J connectivity index is 2.54. The summed E-state index contributed by atoms with van der Waals surface area (Å²) in [5.74, 6) is -2.20. The van der Waals surface area contributed by atoms with Gasteiger partial charge in [0.05, 0.1) is 18.5 Å². The fourth-order valence-corrected chi connectivity index (χ4v) is 4.25. The standard InChI is InChI=1S/C26H34F2N2O3/c1-7-29-22(8-14(2)3)26(33)30-21(13-23(31)32)20-12-18(9-17(6)25(20)28)24-15(4)10-19(27)11-16(24)5/h9-12,14,21-22,29H,7-8,13H2,1-6H3,(H,30,33)(H,31,32)/t21-,22?/m0/s1. The molecule has 3 N–H and O–H groups in total. The molecule has 0 aliphatic rings. The summed E-state index contributed by atoms with van der Waals surface area (Å²) in [5, 5.41) is 15.4. The van der Waals surface area contributed by atoms with Gasteiger partial charge >= 0.3 is 5.97 Å². The molecule has 0 fully saturated rings. The zero-order chi connectivity index (χ0) is 24.9. The Kier molecular flexibility index (Phi) is 9.11. The molecule has 1 unspecified atom stereocenters. The minimum absolute atomic E-state index is 0.101. The predicted octanol–water partition coefficient (Wildman–Crippen LogP) is 5.21. The fourth-order valence-electron chi connectivity index (χ4n) is 4.25. The molecule has 2 rings (SSSR count). The lowest BCUT2D eigenvalue weighted by molar-refractivity contribution is -0.137. The molecule has 2 aromatic carbocycles. The summed E-state index contributed by atoms with van der Waals surface area (Å²) in [6.07, 6.45) is 0.0996. The van der Waals surface area contributed by atoms with Crippen molar-refractivity contribution in [2.75, 3.05) is 6.54 Å². The minimum atomic E-state index is -1.15. The fraction of sp³-hybridized carbons (Fsp3) is 0.462. The predicted molar refractivity (Wildman–Crippen MR) is 126 cm³/mol. The zero-order valence-corrected chi connectivity index (χ0v) is 20.2. The van der Waals surface area contributed by atoms with Gasteiger partial charge in [0.15, 0.2) is 0 Å². The van der Waals surface area contributed by atoms with Crippen LogP contribution in [0.15, 0.2) is 24.3 Å². The van der Waals surface area contributed by atoms with Crippen LogP contribution in [0.2, 0.25) is 0 Å². The molecule has 33 heavy (non-hydrogen) atoms. The highest BCUT2D eigenvalue weighted by Gasteiger charge is 2.27. The molecule has 0 radical (unpaired) electrons. The van der Waals surface area contributed by atoms with Gasteiger partial charge in [-0.1, -0.05) is 20.8 Å². The Labute approximate surface area is 194 Å². The quantitative estimate of drug-likeness (QED) is 0.455. The highest BCUT2D eigenvalue weighted by molar-refractivity contribution is 5.83. The second-order valence-corrected chi connectivity index (χ2v) is 9.01. The van der Waals surface area contributed by atoms with Crippen LogP contribution < -0.4 is 10.6 Å². The summed E-state index contributed by atoms with van der Waals surface area (Å²) in [4.78, 5) is 24.6. The van der Waals surface area contributed by atoms with Crippen molar-refractivity contribution in [3.8, 4) is 11.1 Å². The van der Waals surface area contributed by atoms with Crippen LogP contribution in [-0.4, -0.2) is 29.6 Å². The second kappa shape index (κ2) is 11.4. The lowest BCUT2D eigenvalue weighted by atomic mass is 9.90. The first-order valence-corrected chi connectivity index (χ1v) is 11.3. The van der Waals surface area contributed by atoms with Gasteiger partial charge in [0.25, 0.3) is 0 Å². The Morgan fingerprint density at radius 1 is 1.00 bits per heavy atom. The third-order valence-electron chi connectivity index (χ3n) is 5.61. The number of carboxylic acids is 1. The number of benzene rings is 2. The second-order valence-electron chi connectivity index (χ2n) is 9.01. The number of hydrogen-bond acceptors (Lipinski definition) is 3. The molecule has 0 aromatic heterocycles. The van der Waals surface area contributed by atoms with Crippen molar-refractivity contribution in [3.05, 3.63) is 58.2 Å². The molecule has 180 valence electrons. The summed E-state index contributed by atoms with van der Waals surface area (Å²) in [5.41, 5.74) is 3.20. The van der Waals surface area contributed by atoms with Crippen LogP contribution in [0.25, 0.3) is 11.1 Å². The molecule has 2 atom stereocenters. The van der Waals surface area contributed by atoms with Gasteiger partial charge in [0.2, 0.25) is 5.91 Å². The number of carbonyl (C=O) groups excluding carboxylic acids is 1. The Hall–Kier alpha value is -2.80. The SMILES string of the molecule is CCNC(CC(C)C)C(=O)N[C@@H](CC(=O)O)c1cc(-c2c(C)cc(F)cc2C)cc(C)c1F. The smallest absolute Gasteiger partial charge is 0.305 e. The van der Waals surface area contributed by atoms with E-state index >= 15 is 4.39 Å². The molecule has 0 saturated heterocycles. The van der Waals surface area contributed by atoms with Crippen LogP contribution in [0, 0.1) is 38.3 Å². The van der Waals surface area contributed by atoms with E-state index in [0.717, 1.165) is 5.56 Å². The highest BCUT2D eigenvalue weighted by Crippen LogP contribution is 2.33. The third kappa shape index (κ3) is 6.84. The highest BCUT2D eigenvalue weighted by atomic mass is 19.1. The molecule has 0 aliphatic heterocycles. The third-order valence-corrected chi connectivity index (χ3v) is 5.61. The first-order valence-electron chi connectivity index (χ1n) is 11.3. The number of nitrogens with one attached hydrogen (secondary N) is 2. The van der Waals surface area contributed by atoms with E-state index in [1.807, 2.05) is 20.8 Å². The van der Waals surface area contributed by atoms with Crippen molar-refractivity contribution in [2.24, 2.45) is 5.92 Å². The number of carbonyl (C=O) groups is 2. The van der Waals surface area contributed by atoms with Crippen molar-refractivity contribution >= 4 is 11.9 Å². The molecule has 1 amide bonds. The van der Waals surface area contributed by atoms with Gasteiger partial charge in [-0.2, -0.15) is 0 Å². The summed E-state index contributed by atoms with van der Waals surface area (Å²) in [6.45, 7) is 11.6. The number of hydrogen-bond donors (Lipinski definition) is 3. The maximum Gasteiger partial charge on any atom is 0.305 e. The summed E-state index contributed by atoms with van der Waals surface area (Å²) < 4.78 is 29.1. The van der Waals surface area contributed by atoms with E-state index in [-0.39, 0.29) is 23.2 Å². The molecule has 0 heterocycles. The van der Waals surface area contributed by atoms with E-state index in [4.69, 9.17) is 0 Å². The molecular formula is C26H34F2N2O3. The lowest BCUT2D eigenvalue weighted by Gasteiger charge is -2.25. The molecule has 0 saturated carbocycles. The van der Waals surface area contributed by atoms with Crippen LogP contribution in [0.3, 0.4) is 0 Å². The first kappa shape index (κ1) is 26.5. The van der Waals surface area contributed by atoms with Gasteiger partial charge in [0.1, 0.15) is 11.6 Å². The summed E-state index contributed by atoms with van der Waals surface area (Å²) in [7, 11) is 0. The zero-order valence-electron chi connectivity index (χ0n) is 20.2. The Morgan fingerprint density at radius 3 is 2.12 bits per heavy atom. The van der Waals surface area contributed by atoms with Crippen LogP contribution in [-0.2, 0) is 9.59 Å². The molecule has 0 spiro atoms. The summed E-state index contributed by atoms with van der Waals surface area (Å²) >= 11 is 0. The maximum atomic E-state index is 15.3. The van der Waals surface area contributed by atoms with Gasteiger partial charge in [0, 0.05) is 5.56 Å². The number of aliphatic carboxylic acids is 1. The topological polar surface area (TPSA) is 78.4 Å². The van der Waals surface area contributed by atoms with Crippen LogP contribution in [0.1, 0.15) is 61.9 Å². The number of rotatable bonds is 10. The van der Waals surface area contributed by atoms with Crippen molar-refractivity contribution in [3.63, 3.8) is 0 Å². The van der Waals surface area contributed by atoms with Gasteiger partial charge in [-0.25, -0.2) is 8.78 Å². The molecule has 2 aromatic rings. The number of likely N-dealkylation sites (N-methyl/N-ethyl adjacent to an activating group) is 1. The average Bonchev–Trinajstić information content (AvgIpc) is 2.68. The van der Waals surface area contributed by atoms with Crippen LogP contribution in [0.4, 0.5) is 8.78 Å². The van der Waals surface area contributed by atoms with E-state index in [9.17, 15) is 19.1 Å². The normalized spacial score (nSPS) is 13.1. The molecular weight excluding hydrogens is 426 g/mol. The van der Waals surface area contributed by atoms with Gasteiger partial charge in [-0.3, -0.25) is 9.59 Å². The van der Waals surface area contributed by atoms with Crippen molar-refractivity contribution < 1.29 is 23.5 Å². The van der Waals surface area contributed by atoms with Gasteiger partial charge < -0.3 is 15.7 Å². The van der Waals surface area contributed by atoms with Crippen molar-refractivity contribution in [2.45, 2.75) is 66.5 Å². The largest absolute Gasteiger partial charge is 0.481 e. The first-order chi connectivity index (χ1) is 15.4. The van der Waals surface area contributed by atoms with Crippen LogP contribution >= 0.6 is 0 Å². The maximum absolute atomic E-state index is 15.3. The minimum Gasteiger partial charge on any atom is -0.481 e. The number of amides is 1. The van der Waals surface area contributed by atoms with Crippen molar-refractivity contribution in [1.29, 1.82) is 0 Å². The van der Waals surface area contributed by atoms with E-state index < -0.39 is 30.3 Å². The Morgan fingerprint density at radius 2 is 1.61 bits per heavy atom. The molecule has 5 nitrogen and oxygen atoms in total. The molecule has 0 bridgehead atoms. The average molecular weight is 461 g/mol. The Bertz CT molecular complexity index is 998. The summed E-state index contributed by atoms with van der Waals surface area (Å²) in [6, 6.07) is 4.47. The van der Waals surface area contributed by atoms with E-state index in [1.165, 1.54) is 12.1 Å². The number of carboxylic acid groups (broad SMARTS) is 1. The molecule has 0 aliphatic carbocycles. The van der Waals surface area contributed by atoms with Gasteiger partial charge in [-0.15, -0.1) is 0 Å². The van der Waals surface area contributed by atoms with E-state index in [2.05, 4.69) is 10.6 Å².